The van der Waals surface area contributed by atoms with Crippen LogP contribution in [0.5, 0.6) is 23.5 Å². The van der Waals surface area contributed by atoms with Crippen LogP contribution in [-0.4, -0.2) is 103 Å². The van der Waals surface area contributed by atoms with Gasteiger partial charge in [-0.3, -0.25) is 10.6 Å². The van der Waals surface area contributed by atoms with Crippen molar-refractivity contribution >= 4 is 55.9 Å². The fourth-order valence-corrected chi connectivity index (χ4v) is 6.40. The van der Waals surface area contributed by atoms with Gasteiger partial charge < -0.3 is 28.4 Å². The second-order valence-electron chi connectivity index (χ2n) is 10.5. The molecule has 24 heteroatoms. The molecule has 0 unspecified atom stereocenters. The Labute approximate surface area is 320 Å². The van der Waals surface area contributed by atoms with Crippen molar-refractivity contribution in [3.63, 3.8) is 0 Å². The molecule has 56 heavy (non-hydrogen) atoms. The molecule has 0 radical (unpaired) electrons. The minimum atomic E-state index is -4.14. The zero-order valence-electron chi connectivity index (χ0n) is 30.5. The first kappa shape index (κ1) is 43.6. The molecule has 2 aromatic heterocycles. The summed E-state index contributed by atoms with van der Waals surface area (Å²) in [5.74, 6) is -2.62. The second-order valence-corrected chi connectivity index (χ2v) is 13.9. The van der Waals surface area contributed by atoms with E-state index in [4.69, 9.17) is 18.9 Å². The molecular formula is C32H36N8O14S2. The number of urea groups is 2. The van der Waals surface area contributed by atoms with Crippen LogP contribution in [0.1, 0.15) is 31.8 Å². The van der Waals surface area contributed by atoms with E-state index in [1.54, 1.807) is 24.3 Å². The molecule has 4 N–H and O–H groups in total. The van der Waals surface area contributed by atoms with Crippen molar-refractivity contribution in [2.45, 2.75) is 11.5 Å². The number of rotatable bonds is 14. The van der Waals surface area contributed by atoms with Gasteiger partial charge in [0.1, 0.15) is 0 Å². The number of hydrogen-bond acceptors (Lipinski definition) is 18. The van der Waals surface area contributed by atoms with E-state index >= 15 is 0 Å². The molecule has 0 fully saturated rings. The van der Waals surface area contributed by atoms with E-state index < -0.39 is 55.6 Å². The summed E-state index contributed by atoms with van der Waals surface area (Å²) in [4.78, 5) is 63.0. The summed E-state index contributed by atoms with van der Waals surface area (Å²) >= 11 is 0. The van der Waals surface area contributed by atoms with Gasteiger partial charge in [0.25, 0.3) is 0 Å². The summed E-state index contributed by atoms with van der Waals surface area (Å²) in [6.07, 6.45) is 0. The predicted molar refractivity (Wildman–Crippen MR) is 195 cm³/mol. The van der Waals surface area contributed by atoms with E-state index in [9.17, 15) is 36.0 Å². The summed E-state index contributed by atoms with van der Waals surface area (Å²) in [6, 6.07) is 12.6. The van der Waals surface area contributed by atoms with Crippen molar-refractivity contribution in [1.82, 2.24) is 29.4 Å². The van der Waals surface area contributed by atoms with Crippen LogP contribution in [0.2, 0.25) is 0 Å². The van der Waals surface area contributed by atoms with Crippen molar-refractivity contribution in [2.75, 3.05) is 53.3 Å². The van der Waals surface area contributed by atoms with E-state index in [1.165, 1.54) is 79.1 Å². The third kappa shape index (κ3) is 13.2. The minimum Gasteiger partial charge on any atom is -0.481 e. The van der Waals surface area contributed by atoms with Gasteiger partial charge in [-0.2, -0.15) is 19.9 Å². The molecule has 0 aliphatic rings. The second kappa shape index (κ2) is 20.0. The number of carbonyl (C=O) groups excluding carboxylic acids is 4. The Morgan fingerprint density at radius 3 is 1.11 bits per heavy atom. The average molecular weight is 821 g/mol. The maximum absolute atomic E-state index is 12.3. The van der Waals surface area contributed by atoms with Gasteiger partial charge in [-0.25, -0.2) is 45.5 Å². The fraction of sp³-hybridized carbons (Fsp3) is 0.250. The van der Waals surface area contributed by atoms with Gasteiger partial charge in [-0.05, 0) is 23.3 Å². The molecule has 0 atom stereocenters. The van der Waals surface area contributed by atoms with Crippen molar-refractivity contribution < 1.29 is 64.4 Å². The third-order valence-corrected chi connectivity index (χ3v) is 9.05. The lowest BCUT2D eigenvalue weighted by molar-refractivity contribution is 0.0591. The van der Waals surface area contributed by atoms with E-state index in [-0.39, 0.29) is 57.7 Å². The number of aromatic nitrogens is 4. The number of amides is 4. The minimum absolute atomic E-state index is 0.0802. The Balaban J connectivity index is 0.000000300. The van der Waals surface area contributed by atoms with Crippen LogP contribution in [0.4, 0.5) is 21.5 Å². The molecule has 2 heterocycles. The molecular weight excluding hydrogens is 785 g/mol. The third-order valence-electron chi connectivity index (χ3n) is 6.68. The van der Waals surface area contributed by atoms with Gasteiger partial charge in [0.05, 0.1) is 77.4 Å². The first-order valence-corrected chi connectivity index (χ1v) is 18.8. The number of sulfonamides is 2. The lowest BCUT2D eigenvalue weighted by Crippen LogP contribution is -2.36. The van der Waals surface area contributed by atoms with Crippen molar-refractivity contribution in [1.29, 1.82) is 0 Å². The van der Waals surface area contributed by atoms with Crippen molar-refractivity contribution in [3.05, 3.63) is 82.9 Å². The van der Waals surface area contributed by atoms with Crippen LogP contribution in [-0.2, 0) is 41.0 Å². The van der Waals surface area contributed by atoms with Gasteiger partial charge >= 0.3 is 24.0 Å². The summed E-state index contributed by atoms with van der Waals surface area (Å²) in [5, 5.41) is 4.36. The number of nitrogens with zero attached hydrogens (tertiary/aromatic N) is 4. The van der Waals surface area contributed by atoms with Gasteiger partial charge in [-0.1, -0.05) is 36.4 Å². The number of ether oxygens (including phenoxy) is 6. The SMILES string of the molecule is COC(=O)c1ccccc1CS(=O)(=O)NC(=O)Nc1nc(OC)cc(OC)n1.COC(=O)c1ccccc1CS(=O)(=O)NC(=O)Nc1nc(OC)cc(OC)n1. The van der Waals surface area contributed by atoms with E-state index in [1.807, 2.05) is 9.44 Å². The number of hydrogen-bond donors (Lipinski definition) is 4. The lowest BCUT2D eigenvalue weighted by atomic mass is 10.1. The topological polar surface area (TPSA) is 292 Å². The normalized spacial score (nSPS) is 10.7. The van der Waals surface area contributed by atoms with E-state index in [2.05, 4.69) is 40.0 Å². The zero-order chi connectivity index (χ0) is 41.5. The Hall–Kier alpha value is -6.82. The highest BCUT2D eigenvalue weighted by Gasteiger charge is 2.22. The van der Waals surface area contributed by atoms with Crippen LogP contribution in [0.25, 0.3) is 0 Å². The van der Waals surface area contributed by atoms with Crippen LogP contribution >= 0.6 is 0 Å². The van der Waals surface area contributed by atoms with Crippen molar-refractivity contribution in [3.8, 4) is 23.5 Å². The molecule has 300 valence electrons. The smallest absolute Gasteiger partial charge is 0.338 e. The number of methoxy groups -OCH3 is 6. The Bertz CT molecular complexity index is 2070. The molecule has 0 saturated heterocycles. The van der Waals surface area contributed by atoms with Crippen LogP contribution in [0, 0.1) is 0 Å². The highest BCUT2D eigenvalue weighted by Crippen LogP contribution is 2.19. The number of nitrogens with one attached hydrogen (secondary N) is 4. The molecule has 0 saturated carbocycles. The number of esters is 2. The van der Waals surface area contributed by atoms with Crippen molar-refractivity contribution in [2.24, 2.45) is 0 Å². The van der Waals surface area contributed by atoms with E-state index in [0.29, 0.717) is 0 Å². The van der Waals surface area contributed by atoms with E-state index in [0.717, 1.165) is 0 Å². The number of anilines is 2. The average Bonchev–Trinajstić information content (AvgIpc) is 3.16. The first-order valence-electron chi connectivity index (χ1n) is 15.4. The Kier molecular flexibility index (Phi) is 15.6. The number of benzene rings is 2. The molecule has 22 nitrogen and oxygen atoms in total. The van der Waals surface area contributed by atoms with Gasteiger partial charge in [0.15, 0.2) is 0 Å². The lowest BCUT2D eigenvalue weighted by Gasteiger charge is -2.11. The highest BCUT2D eigenvalue weighted by molar-refractivity contribution is 7.89. The van der Waals surface area contributed by atoms with Gasteiger partial charge in [0.2, 0.25) is 55.5 Å². The monoisotopic (exact) mass is 820 g/mol. The van der Waals surface area contributed by atoms with Crippen LogP contribution in [0.3, 0.4) is 0 Å². The van der Waals surface area contributed by atoms with Crippen LogP contribution in [0.15, 0.2) is 60.7 Å². The molecule has 0 bridgehead atoms. The molecule has 0 aliphatic heterocycles. The van der Waals surface area contributed by atoms with Gasteiger partial charge in [0, 0.05) is 0 Å². The zero-order valence-corrected chi connectivity index (χ0v) is 32.1. The maximum atomic E-state index is 12.3. The summed E-state index contributed by atoms with van der Waals surface area (Å²) < 4.78 is 81.8. The molecule has 4 amide bonds. The van der Waals surface area contributed by atoms with Gasteiger partial charge in [-0.15, -0.1) is 0 Å². The predicted octanol–water partition coefficient (Wildman–Crippen LogP) is 1.86. The summed E-state index contributed by atoms with van der Waals surface area (Å²) in [5.41, 5.74) is 0.510. The fourth-order valence-electron chi connectivity index (χ4n) is 4.27. The Morgan fingerprint density at radius 2 is 0.821 bits per heavy atom. The molecule has 4 aromatic rings. The molecule has 0 aliphatic carbocycles. The maximum Gasteiger partial charge on any atom is 0.338 e. The summed E-state index contributed by atoms with van der Waals surface area (Å²) in [7, 11) is -0.486. The molecule has 0 spiro atoms. The largest absolute Gasteiger partial charge is 0.481 e. The standard InChI is InChI=1S/2C16H18N4O7S/c2*1-25-12-8-13(26-2)18-15(17-12)19-16(22)20-28(23,24)9-10-6-4-5-7-11(10)14(21)27-3/h2*4-8H,9H2,1-3H3,(H2,17,18,19,20,22). The van der Waals surface area contributed by atoms with Crippen LogP contribution < -0.4 is 39.0 Å². The first-order chi connectivity index (χ1) is 26.5. The molecule has 2 aromatic carbocycles. The summed E-state index contributed by atoms with van der Waals surface area (Å²) in [6.45, 7) is 0. The Morgan fingerprint density at radius 1 is 0.518 bits per heavy atom. The number of carbonyl (C=O) groups is 4. The quantitative estimate of drug-likeness (QED) is 0.132. The highest BCUT2D eigenvalue weighted by atomic mass is 32.2. The molecule has 4 rings (SSSR count).